The second-order valence-corrected chi connectivity index (χ2v) is 9.02. The fourth-order valence-electron chi connectivity index (χ4n) is 3.90. The molecule has 1 N–H and O–H groups in total. The van der Waals surface area contributed by atoms with Crippen LogP contribution in [0.25, 0.3) is 16.5 Å². The highest BCUT2D eigenvalue weighted by atomic mass is 35.5. The highest BCUT2D eigenvalue weighted by Gasteiger charge is 2.31. The Hall–Kier alpha value is -2.35. The van der Waals surface area contributed by atoms with Gasteiger partial charge in [0.25, 0.3) is 0 Å². The lowest BCUT2D eigenvalue weighted by atomic mass is 9.95. The number of fused-ring (bicyclic) bond motifs is 1. The molecule has 0 saturated carbocycles. The predicted octanol–water partition coefficient (Wildman–Crippen LogP) is 5.23. The van der Waals surface area contributed by atoms with Crippen LogP contribution in [0.1, 0.15) is 36.2 Å². The number of halogens is 1. The average Bonchev–Trinajstić information content (AvgIpc) is 3.44. The van der Waals surface area contributed by atoms with Crippen molar-refractivity contribution in [1.29, 1.82) is 0 Å². The van der Waals surface area contributed by atoms with Crippen LogP contribution in [0, 0.1) is 5.92 Å². The van der Waals surface area contributed by atoms with Gasteiger partial charge >= 0.3 is 0 Å². The Labute approximate surface area is 177 Å². The first-order valence-corrected chi connectivity index (χ1v) is 10.9. The predicted molar refractivity (Wildman–Crippen MR) is 113 cm³/mol. The van der Waals surface area contributed by atoms with E-state index < -0.39 is 0 Å². The van der Waals surface area contributed by atoms with Crippen molar-refractivity contribution >= 4 is 27.9 Å². The van der Waals surface area contributed by atoms with E-state index in [-0.39, 0.29) is 11.9 Å². The summed E-state index contributed by atoms with van der Waals surface area (Å²) in [6, 6.07) is 11.4. The number of hydrogen-bond donors (Lipinski definition) is 1. The van der Waals surface area contributed by atoms with Gasteiger partial charge in [0.1, 0.15) is 0 Å². The first kappa shape index (κ1) is 18.7. The molecule has 0 aliphatic carbocycles. The molecule has 1 atom stereocenters. The molecule has 1 aliphatic rings. The standard InChI is InChI=1S/C21H21ClN4O2S/c1-13-8-10-25(11-9-13)17(14-4-6-15(22)7-5-14)18-20(27)26-21(29-18)23-19(24-26)16-3-2-12-28-16/h2-7,12-13,17,27H,8-11H2,1H3. The van der Waals surface area contributed by atoms with E-state index >= 15 is 0 Å². The molecule has 150 valence electrons. The van der Waals surface area contributed by atoms with E-state index in [0.717, 1.165) is 42.3 Å². The molecule has 29 heavy (non-hydrogen) atoms. The summed E-state index contributed by atoms with van der Waals surface area (Å²) in [7, 11) is 0. The molecule has 8 heteroatoms. The van der Waals surface area contributed by atoms with E-state index in [1.54, 1.807) is 12.3 Å². The Kier molecular flexibility index (Phi) is 4.81. The molecule has 5 rings (SSSR count). The molecule has 0 bridgehead atoms. The van der Waals surface area contributed by atoms with Crippen LogP contribution in [0.2, 0.25) is 5.02 Å². The number of hydrogen-bond acceptors (Lipinski definition) is 6. The number of thiazole rings is 1. The van der Waals surface area contributed by atoms with Crippen LogP contribution in [0.5, 0.6) is 5.88 Å². The lowest BCUT2D eigenvalue weighted by Crippen LogP contribution is -2.36. The van der Waals surface area contributed by atoms with Crippen molar-refractivity contribution in [3.63, 3.8) is 0 Å². The average molecular weight is 429 g/mol. The fourth-order valence-corrected chi connectivity index (χ4v) is 5.14. The summed E-state index contributed by atoms with van der Waals surface area (Å²) in [5, 5.41) is 16.2. The molecule has 4 aromatic rings. The van der Waals surface area contributed by atoms with Crippen molar-refractivity contribution < 1.29 is 9.52 Å². The molecule has 1 fully saturated rings. The Bertz CT molecular complexity index is 1110. The SMILES string of the molecule is CC1CCN(C(c2ccc(Cl)cc2)c2sc3nc(-c4ccco4)nn3c2O)CC1. The number of aromatic hydroxyl groups is 1. The van der Waals surface area contributed by atoms with Crippen molar-refractivity contribution in [2.75, 3.05) is 13.1 Å². The number of nitrogens with zero attached hydrogens (tertiary/aromatic N) is 4. The van der Waals surface area contributed by atoms with Crippen LogP contribution in [0.4, 0.5) is 0 Å². The summed E-state index contributed by atoms with van der Waals surface area (Å²) in [5.74, 6) is 1.91. The van der Waals surface area contributed by atoms with Crippen LogP contribution in [-0.2, 0) is 0 Å². The smallest absolute Gasteiger partial charge is 0.230 e. The maximum Gasteiger partial charge on any atom is 0.230 e. The van der Waals surface area contributed by atoms with Gasteiger partial charge in [0.05, 0.1) is 17.2 Å². The van der Waals surface area contributed by atoms with E-state index in [0.29, 0.717) is 21.6 Å². The third-order valence-corrected chi connectivity index (χ3v) is 6.88. The van der Waals surface area contributed by atoms with Gasteiger partial charge in [0.15, 0.2) is 5.76 Å². The monoisotopic (exact) mass is 428 g/mol. The second-order valence-electron chi connectivity index (χ2n) is 7.57. The van der Waals surface area contributed by atoms with Crippen LogP contribution >= 0.6 is 22.9 Å². The van der Waals surface area contributed by atoms with Crippen LogP contribution in [-0.4, -0.2) is 37.7 Å². The van der Waals surface area contributed by atoms with Crippen molar-refractivity contribution in [2.45, 2.75) is 25.8 Å². The molecule has 0 amide bonds. The quantitative estimate of drug-likeness (QED) is 0.482. The molecule has 6 nitrogen and oxygen atoms in total. The summed E-state index contributed by atoms with van der Waals surface area (Å²) in [6.45, 7) is 4.27. The molecule has 0 spiro atoms. The maximum atomic E-state index is 11.1. The highest BCUT2D eigenvalue weighted by Crippen LogP contribution is 2.41. The molecule has 1 aromatic carbocycles. The zero-order chi connectivity index (χ0) is 20.0. The molecular formula is C21H21ClN4O2S. The summed E-state index contributed by atoms with van der Waals surface area (Å²) in [6.07, 6.45) is 3.88. The van der Waals surface area contributed by atoms with E-state index in [1.807, 2.05) is 30.3 Å². The van der Waals surface area contributed by atoms with Crippen LogP contribution in [0.15, 0.2) is 47.1 Å². The maximum absolute atomic E-state index is 11.1. The van der Waals surface area contributed by atoms with Gasteiger partial charge in [-0.15, -0.1) is 5.10 Å². The Morgan fingerprint density at radius 2 is 1.97 bits per heavy atom. The number of rotatable bonds is 4. The Morgan fingerprint density at radius 1 is 1.21 bits per heavy atom. The van der Waals surface area contributed by atoms with E-state index in [2.05, 4.69) is 21.9 Å². The molecule has 1 saturated heterocycles. The van der Waals surface area contributed by atoms with Gasteiger partial charge in [0, 0.05) is 5.02 Å². The minimum absolute atomic E-state index is 0.0553. The van der Waals surface area contributed by atoms with Gasteiger partial charge in [0.2, 0.25) is 16.7 Å². The molecule has 3 aromatic heterocycles. The Morgan fingerprint density at radius 3 is 2.62 bits per heavy atom. The summed E-state index contributed by atoms with van der Waals surface area (Å²) in [5.41, 5.74) is 1.11. The van der Waals surface area contributed by atoms with Gasteiger partial charge in [-0.2, -0.15) is 9.50 Å². The highest BCUT2D eigenvalue weighted by molar-refractivity contribution is 7.17. The fraction of sp³-hybridized carbons (Fsp3) is 0.333. The van der Waals surface area contributed by atoms with Gasteiger partial charge in [-0.1, -0.05) is 42.0 Å². The lowest BCUT2D eigenvalue weighted by molar-refractivity contribution is 0.157. The van der Waals surface area contributed by atoms with E-state index in [4.69, 9.17) is 16.0 Å². The Balaban J connectivity index is 1.57. The molecule has 0 radical (unpaired) electrons. The van der Waals surface area contributed by atoms with Gasteiger partial charge in [-0.25, -0.2) is 0 Å². The molecule has 1 aliphatic heterocycles. The topological polar surface area (TPSA) is 66.8 Å². The largest absolute Gasteiger partial charge is 0.492 e. The second kappa shape index (κ2) is 7.48. The van der Waals surface area contributed by atoms with E-state index in [1.165, 1.54) is 15.9 Å². The first-order chi connectivity index (χ1) is 14.1. The normalized spacial score (nSPS) is 17.2. The summed E-state index contributed by atoms with van der Waals surface area (Å²) in [4.78, 5) is 8.49. The molecule has 1 unspecified atom stereocenters. The lowest BCUT2D eigenvalue weighted by Gasteiger charge is -2.36. The van der Waals surface area contributed by atoms with Crippen molar-refractivity contribution in [3.05, 3.63) is 58.1 Å². The number of benzene rings is 1. The number of likely N-dealkylation sites (tertiary alicyclic amines) is 1. The number of furan rings is 1. The van der Waals surface area contributed by atoms with Crippen LogP contribution in [0.3, 0.4) is 0 Å². The van der Waals surface area contributed by atoms with Crippen molar-refractivity contribution in [2.24, 2.45) is 5.92 Å². The third-order valence-electron chi connectivity index (χ3n) is 5.56. The minimum atomic E-state index is -0.0553. The summed E-state index contributed by atoms with van der Waals surface area (Å²) < 4.78 is 6.89. The zero-order valence-corrected chi connectivity index (χ0v) is 17.5. The van der Waals surface area contributed by atoms with Crippen LogP contribution < -0.4 is 0 Å². The molecular weight excluding hydrogens is 408 g/mol. The van der Waals surface area contributed by atoms with Gasteiger partial charge in [-0.3, -0.25) is 4.90 Å². The zero-order valence-electron chi connectivity index (χ0n) is 16.0. The third kappa shape index (κ3) is 3.43. The van der Waals surface area contributed by atoms with E-state index in [9.17, 15) is 5.11 Å². The number of piperidine rings is 1. The molecule has 4 heterocycles. The van der Waals surface area contributed by atoms with Crippen molar-refractivity contribution in [3.8, 4) is 17.5 Å². The minimum Gasteiger partial charge on any atom is -0.492 e. The first-order valence-electron chi connectivity index (χ1n) is 9.72. The van der Waals surface area contributed by atoms with Crippen molar-refractivity contribution in [1.82, 2.24) is 19.5 Å². The van der Waals surface area contributed by atoms with Gasteiger partial charge < -0.3 is 9.52 Å². The van der Waals surface area contributed by atoms with Gasteiger partial charge in [-0.05, 0) is 61.7 Å². The number of aromatic nitrogens is 3. The summed E-state index contributed by atoms with van der Waals surface area (Å²) >= 11 is 7.58.